The van der Waals surface area contributed by atoms with Gasteiger partial charge in [-0.2, -0.15) is 5.10 Å². The normalized spacial score (nSPS) is 25.8. The minimum absolute atomic E-state index is 0.0885. The van der Waals surface area contributed by atoms with E-state index >= 15 is 0 Å². The lowest BCUT2D eigenvalue weighted by Gasteiger charge is -2.23. The molecule has 0 N–H and O–H groups in total. The predicted molar refractivity (Wildman–Crippen MR) is 95.6 cm³/mol. The summed E-state index contributed by atoms with van der Waals surface area (Å²) in [4.78, 5) is 17.3. The summed E-state index contributed by atoms with van der Waals surface area (Å²) in [6.45, 7) is 12.0. The molecule has 0 spiro atoms. The molecule has 2 aliphatic rings. The molecule has 130 valence electrons. The molecule has 1 saturated heterocycles. The van der Waals surface area contributed by atoms with Crippen LogP contribution < -0.4 is 4.90 Å². The van der Waals surface area contributed by atoms with Gasteiger partial charge < -0.3 is 9.80 Å². The van der Waals surface area contributed by atoms with Gasteiger partial charge in [-0.3, -0.25) is 4.79 Å². The van der Waals surface area contributed by atoms with Gasteiger partial charge in [-0.05, 0) is 43.7 Å². The van der Waals surface area contributed by atoms with Crippen molar-refractivity contribution in [1.82, 2.24) is 15.1 Å². The van der Waals surface area contributed by atoms with Crippen LogP contribution in [0.2, 0.25) is 0 Å². The smallest absolute Gasteiger partial charge is 0.226 e. The SMILES string of the molecule is CC(C)=CC1C(C(=O)N2CCCN(c3cccnn3)CC2)C1(C)C. The molecule has 0 bridgehead atoms. The fraction of sp³-hybridized carbons (Fsp3) is 0.632. The highest BCUT2D eigenvalue weighted by Gasteiger charge is 2.61. The van der Waals surface area contributed by atoms with Crippen LogP contribution in [-0.2, 0) is 4.79 Å². The number of aromatic nitrogens is 2. The average molecular weight is 328 g/mol. The van der Waals surface area contributed by atoms with Crippen molar-refractivity contribution in [3.63, 3.8) is 0 Å². The molecule has 24 heavy (non-hydrogen) atoms. The van der Waals surface area contributed by atoms with Crippen LogP contribution in [0.5, 0.6) is 0 Å². The van der Waals surface area contributed by atoms with Crippen molar-refractivity contribution in [2.24, 2.45) is 17.3 Å². The average Bonchev–Trinajstić information content (AvgIpc) is 3.17. The second-order valence-electron chi connectivity index (χ2n) is 7.82. The van der Waals surface area contributed by atoms with Gasteiger partial charge >= 0.3 is 0 Å². The molecule has 2 atom stereocenters. The number of carbonyl (C=O) groups is 1. The highest BCUT2D eigenvalue weighted by Crippen LogP contribution is 2.60. The molecule has 2 fully saturated rings. The third-order valence-corrected chi connectivity index (χ3v) is 5.38. The Morgan fingerprint density at radius 2 is 2.04 bits per heavy atom. The van der Waals surface area contributed by atoms with E-state index in [9.17, 15) is 4.79 Å². The molecule has 1 aromatic rings. The first-order valence-corrected chi connectivity index (χ1v) is 8.87. The van der Waals surface area contributed by atoms with E-state index in [0.29, 0.717) is 11.8 Å². The molecule has 0 aromatic carbocycles. The highest BCUT2D eigenvalue weighted by atomic mass is 16.2. The minimum Gasteiger partial charge on any atom is -0.353 e. The van der Waals surface area contributed by atoms with E-state index in [2.05, 4.69) is 53.8 Å². The largest absolute Gasteiger partial charge is 0.353 e. The van der Waals surface area contributed by atoms with E-state index in [1.54, 1.807) is 6.20 Å². The number of anilines is 1. The summed E-state index contributed by atoms with van der Waals surface area (Å²) >= 11 is 0. The van der Waals surface area contributed by atoms with Crippen LogP contribution in [0, 0.1) is 17.3 Å². The first-order chi connectivity index (χ1) is 11.4. The number of amides is 1. The van der Waals surface area contributed by atoms with E-state index < -0.39 is 0 Å². The molecular weight excluding hydrogens is 300 g/mol. The van der Waals surface area contributed by atoms with Gasteiger partial charge in [0.2, 0.25) is 5.91 Å². The fourth-order valence-electron chi connectivity index (χ4n) is 3.85. The van der Waals surface area contributed by atoms with Gasteiger partial charge in [-0.15, -0.1) is 5.10 Å². The lowest BCUT2D eigenvalue weighted by molar-refractivity contribution is -0.133. The summed E-state index contributed by atoms with van der Waals surface area (Å²) in [6.07, 6.45) is 4.94. The standard InChI is InChI=1S/C19H28N4O/c1-14(2)13-15-17(19(15,3)4)18(24)23-10-6-9-22(11-12-23)16-7-5-8-20-21-16/h5,7-8,13,15,17H,6,9-12H2,1-4H3. The van der Waals surface area contributed by atoms with E-state index in [1.807, 2.05) is 12.1 Å². The summed E-state index contributed by atoms with van der Waals surface area (Å²) in [5.74, 6) is 1.74. The Balaban J connectivity index is 1.64. The summed E-state index contributed by atoms with van der Waals surface area (Å²) < 4.78 is 0. The zero-order chi connectivity index (χ0) is 17.3. The molecule has 1 aliphatic heterocycles. The number of hydrogen-bond acceptors (Lipinski definition) is 4. The Morgan fingerprint density at radius 1 is 1.25 bits per heavy atom. The molecule has 1 aromatic heterocycles. The van der Waals surface area contributed by atoms with E-state index in [4.69, 9.17) is 0 Å². The van der Waals surface area contributed by atoms with Crippen LogP contribution in [0.15, 0.2) is 30.0 Å². The van der Waals surface area contributed by atoms with E-state index in [1.165, 1.54) is 5.57 Å². The molecule has 2 heterocycles. The molecule has 5 nitrogen and oxygen atoms in total. The lowest BCUT2D eigenvalue weighted by atomic mass is 10.1. The van der Waals surface area contributed by atoms with Crippen molar-refractivity contribution in [2.75, 3.05) is 31.1 Å². The van der Waals surface area contributed by atoms with Gasteiger partial charge in [0.1, 0.15) is 0 Å². The van der Waals surface area contributed by atoms with Crippen molar-refractivity contribution in [3.05, 3.63) is 30.0 Å². The number of hydrogen-bond donors (Lipinski definition) is 0. The number of carbonyl (C=O) groups excluding carboxylic acids is 1. The van der Waals surface area contributed by atoms with Crippen molar-refractivity contribution >= 4 is 11.7 Å². The van der Waals surface area contributed by atoms with Crippen LogP contribution >= 0.6 is 0 Å². The number of rotatable bonds is 3. The van der Waals surface area contributed by atoms with Crippen LogP contribution in [0.25, 0.3) is 0 Å². The predicted octanol–water partition coefficient (Wildman–Crippen LogP) is 2.75. The van der Waals surface area contributed by atoms with Gasteiger partial charge in [0, 0.05) is 32.4 Å². The molecule has 1 aliphatic carbocycles. The summed E-state index contributed by atoms with van der Waals surface area (Å²) in [5, 5.41) is 8.15. The van der Waals surface area contributed by atoms with Gasteiger partial charge in [-0.1, -0.05) is 25.5 Å². The lowest BCUT2D eigenvalue weighted by Crippen LogP contribution is -2.37. The van der Waals surface area contributed by atoms with Crippen LogP contribution in [-0.4, -0.2) is 47.2 Å². The molecule has 1 saturated carbocycles. The second kappa shape index (κ2) is 6.54. The number of allylic oxidation sites excluding steroid dienone is 2. The first kappa shape index (κ1) is 16.9. The zero-order valence-electron chi connectivity index (χ0n) is 15.2. The summed E-state index contributed by atoms with van der Waals surface area (Å²) in [7, 11) is 0. The number of nitrogens with zero attached hydrogens (tertiary/aromatic N) is 4. The molecule has 5 heteroatoms. The van der Waals surface area contributed by atoms with Crippen LogP contribution in [0.3, 0.4) is 0 Å². The van der Waals surface area contributed by atoms with Gasteiger partial charge in [0.05, 0.1) is 5.92 Å². The Bertz CT molecular complexity index is 622. The van der Waals surface area contributed by atoms with Crippen LogP contribution in [0.4, 0.5) is 5.82 Å². The Labute approximate surface area is 144 Å². The molecule has 0 radical (unpaired) electrons. The molecule has 2 unspecified atom stereocenters. The molecular formula is C19H28N4O. The van der Waals surface area contributed by atoms with Crippen molar-refractivity contribution < 1.29 is 4.79 Å². The van der Waals surface area contributed by atoms with E-state index in [0.717, 1.165) is 38.4 Å². The Morgan fingerprint density at radius 3 is 2.71 bits per heavy atom. The topological polar surface area (TPSA) is 49.3 Å². The first-order valence-electron chi connectivity index (χ1n) is 8.87. The summed E-state index contributed by atoms with van der Waals surface area (Å²) in [6, 6.07) is 3.90. The van der Waals surface area contributed by atoms with Crippen molar-refractivity contribution in [2.45, 2.75) is 34.1 Å². The Hall–Kier alpha value is -1.91. The van der Waals surface area contributed by atoms with Crippen molar-refractivity contribution in [3.8, 4) is 0 Å². The maximum atomic E-state index is 13.0. The minimum atomic E-state index is 0.0885. The van der Waals surface area contributed by atoms with Gasteiger partial charge in [0.15, 0.2) is 5.82 Å². The maximum Gasteiger partial charge on any atom is 0.226 e. The summed E-state index contributed by atoms with van der Waals surface area (Å²) in [5.41, 5.74) is 1.39. The van der Waals surface area contributed by atoms with Gasteiger partial charge in [0.25, 0.3) is 0 Å². The Kier molecular flexibility index (Phi) is 4.61. The quantitative estimate of drug-likeness (QED) is 0.801. The third kappa shape index (κ3) is 3.30. The van der Waals surface area contributed by atoms with Gasteiger partial charge in [-0.25, -0.2) is 0 Å². The fourth-order valence-corrected chi connectivity index (χ4v) is 3.85. The molecule has 3 rings (SSSR count). The monoisotopic (exact) mass is 328 g/mol. The highest BCUT2D eigenvalue weighted by molar-refractivity contribution is 5.84. The maximum absolute atomic E-state index is 13.0. The molecule has 1 amide bonds. The third-order valence-electron chi connectivity index (χ3n) is 5.38. The van der Waals surface area contributed by atoms with Crippen LogP contribution in [0.1, 0.15) is 34.1 Å². The van der Waals surface area contributed by atoms with E-state index in [-0.39, 0.29) is 11.3 Å². The second-order valence-corrected chi connectivity index (χ2v) is 7.82. The zero-order valence-corrected chi connectivity index (χ0v) is 15.2. The van der Waals surface area contributed by atoms with Crippen molar-refractivity contribution in [1.29, 1.82) is 0 Å².